The minimum absolute atomic E-state index is 0.272. The van der Waals surface area contributed by atoms with Gasteiger partial charge in [0.2, 0.25) is 0 Å². The molecule has 0 unspecified atom stereocenters. The summed E-state index contributed by atoms with van der Waals surface area (Å²) < 4.78 is 51.9. The summed E-state index contributed by atoms with van der Waals surface area (Å²) in [5, 5.41) is 6.45. The van der Waals surface area contributed by atoms with Gasteiger partial charge in [0.1, 0.15) is 11.6 Å². The maximum absolute atomic E-state index is 13.0. The minimum atomic E-state index is -4.43. The number of carbonyl (C=O) groups is 1. The van der Waals surface area contributed by atoms with Gasteiger partial charge in [-0.15, -0.1) is 0 Å². The van der Waals surface area contributed by atoms with E-state index in [-0.39, 0.29) is 11.6 Å². The highest BCUT2D eigenvalue weighted by Crippen LogP contribution is 2.32. The van der Waals surface area contributed by atoms with Crippen molar-refractivity contribution in [2.75, 3.05) is 10.6 Å². The van der Waals surface area contributed by atoms with Crippen LogP contribution in [0, 0.1) is 12.7 Å². The van der Waals surface area contributed by atoms with E-state index in [1.165, 1.54) is 36.4 Å². The van der Waals surface area contributed by atoms with Crippen molar-refractivity contribution in [2.45, 2.75) is 13.1 Å². The van der Waals surface area contributed by atoms with E-state index in [1.807, 2.05) is 6.92 Å². The second kappa shape index (κ2) is 8.30. The van der Waals surface area contributed by atoms with Gasteiger partial charge < -0.3 is 10.6 Å². The predicted octanol–water partition coefficient (Wildman–Crippen LogP) is 6.70. The molecule has 0 saturated heterocycles. The molecule has 1 amide bonds. The van der Waals surface area contributed by atoms with Crippen molar-refractivity contribution >= 4 is 34.0 Å². The molecule has 162 valence electrons. The number of anilines is 3. The predicted molar refractivity (Wildman–Crippen MR) is 116 cm³/mol. The van der Waals surface area contributed by atoms with Crippen LogP contribution in [0.4, 0.5) is 34.8 Å². The van der Waals surface area contributed by atoms with E-state index in [2.05, 4.69) is 15.6 Å². The number of rotatable bonds is 4. The number of hydrogen-bond donors (Lipinski definition) is 2. The summed E-state index contributed by atoms with van der Waals surface area (Å²) in [6.45, 7) is 1.84. The zero-order chi connectivity index (χ0) is 22.9. The lowest BCUT2D eigenvalue weighted by Gasteiger charge is -2.12. The highest BCUT2D eigenvalue weighted by Gasteiger charge is 2.30. The molecule has 32 heavy (non-hydrogen) atoms. The van der Waals surface area contributed by atoms with Crippen LogP contribution < -0.4 is 10.6 Å². The van der Waals surface area contributed by atoms with Crippen LogP contribution in [0.5, 0.6) is 0 Å². The van der Waals surface area contributed by atoms with E-state index < -0.39 is 17.6 Å². The molecule has 0 aliphatic carbocycles. The standard InChI is InChI=1S/C24H17F4N3O/c1-14-11-22(29-18-4-2-3-16(12-18)24(26,27)28)31-21-10-9-19(13-20(14)21)30-23(32)15-5-7-17(25)8-6-15/h2-13H,1H3,(H,29,31)(H,30,32). The number of aryl methyl sites for hydroxylation is 1. The Balaban J connectivity index is 1.57. The summed E-state index contributed by atoms with van der Waals surface area (Å²) in [5.74, 6) is -0.404. The van der Waals surface area contributed by atoms with Crippen LogP contribution in [0.3, 0.4) is 0 Å². The monoisotopic (exact) mass is 439 g/mol. The summed E-state index contributed by atoms with van der Waals surface area (Å²) in [4.78, 5) is 16.8. The number of nitrogens with one attached hydrogen (secondary N) is 2. The Morgan fingerprint density at radius 3 is 2.38 bits per heavy atom. The Kier molecular flexibility index (Phi) is 5.52. The smallest absolute Gasteiger partial charge is 0.340 e. The number of benzene rings is 3. The van der Waals surface area contributed by atoms with Gasteiger partial charge in [-0.3, -0.25) is 4.79 Å². The first-order valence-electron chi connectivity index (χ1n) is 9.62. The highest BCUT2D eigenvalue weighted by atomic mass is 19.4. The van der Waals surface area contributed by atoms with Crippen molar-refractivity contribution < 1.29 is 22.4 Å². The molecule has 0 aliphatic heterocycles. The Labute approximate surface area is 180 Å². The average molecular weight is 439 g/mol. The summed E-state index contributed by atoms with van der Waals surface area (Å²) in [5.41, 5.74) is 1.81. The van der Waals surface area contributed by atoms with Crippen LogP contribution in [0.2, 0.25) is 0 Å². The van der Waals surface area contributed by atoms with Crippen molar-refractivity contribution in [1.29, 1.82) is 0 Å². The minimum Gasteiger partial charge on any atom is -0.340 e. The number of aromatic nitrogens is 1. The summed E-state index contributed by atoms with van der Waals surface area (Å²) >= 11 is 0. The Morgan fingerprint density at radius 1 is 0.906 bits per heavy atom. The number of carbonyl (C=O) groups excluding carboxylic acids is 1. The molecule has 0 saturated carbocycles. The molecule has 4 nitrogen and oxygen atoms in total. The van der Waals surface area contributed by atoms with E-state index in [0.717, 1.165) is 23.1 Å². The van der Waals surface area contributed by atoms with E-state index in [4.69, 9.17) is 0 Å². The number of fused-ring (bicyclic) bond motifs is 1. The first kappa shape index (κ1) is 21.3. The summed E-state index contributed by atoms with van der Waals surface area (Å²) in [7, 11) is 0. The van der Waals surface area contributed by atoms with Crippen molar-refractivity contribution in [1.82, 2.24) is 4.98 Å². The molecular formula is C24H17F4N3O. The molecule has 4 rings (SSSR count). The molecule has 8 heteroatoms. The molecule has 0 fully saturated rings. The van der Waals surface area contributed by atoms with Crippen molar-refractivity contribution in [2.24, 2.45) is 0 Å². The number of amides is 1. The molecule has 1 heterocycles. The summed E-state index contributed by atoms with van der Waals surface area (Å²) in [6.07, 6.45) is -4.43. The lowest BCUT2D eigenvalue weighted by molar-refractivity contribution is -0.137. The van der Waals surface area contributed by atoms with Gasteiger partial charge in [0.15, 0.2) is 0 Å². The third-order valence-corrected chi connectivity index (χ3v) is 4.84. The second-order valence-electron chi connectivity index (χ2n) is 7.22. The fourth-order valence-corrected chi connectivity index (χ4v) is 3.26. The SMILES string of the molecule is Cc1cc(Nc2cccc(C(F)(F)F)c2)nc2ccc(NC(=O)c3ccc(F)cc3)cc12. The van der Waals surface area contributed by atoms with Crippen LogP contribution in [-0.4, -0.2) is 10.9 Å². The maximum Gasteiger partial charge on any atom is 0.416 e. The largest absolute Gasteiger partial charge is 0.416 e. The number of pyridine rings is 1. The molecule has 2 N–H and O–H groups in total. The number of hydrogen-bond acceptors (Lipinski definition) is 3. The quantitative estimate of drug-likeness (QED) is 0.348. The van der Waals surface area contributed by atoms with Crippen LogP contribution in [0.1, 0.15) is 21.5 Å². The van der Waals surface area contributed by atoms with Gasteiger partial charge in [0, 0.05) is 22.3 Å². The first-order chi connectivity index (χ1) is 15.2. The van der Waals surface area contributed by atoms with Crippen molar-refractivity contribution in [3.8, 4) is 0 Å². The Hall–Kier alpha value is -3.94. The maximum atomic E-state index is 13.0. The second-order valence-corrected chi connectivity index (χ2v) is 7.22. The van der Waals surface area contributed by atoms with Gasteiger partial charge >= 0.3 is 6.18 Å². The lowest BCUT2D eigenvalue weighted by Crippen LogP contribution is -2.11. The van der Waals surface area contributed by atoms with E-state index in [9.17, 15) is 22.4 Å². The lowest BCUT2D eigenvalue weighted by atomic mass is 10.1. The molecule has 3 aromatic carbocycles. The topological polar surface area (TPSA) is 54.0 Å². The molecule has 0 radical (unpaired) electrons. The van der Waals surface area contributed by atoms with Crippen molar-refractivity contribution in [3.05, 3.63) is 95.3 Å². The van der Waals surface area contributed by atoms with Crippen LogP contribution in [-0.2, 0) is 6.18 Å². The third-order valence-electron chi connectivity index (χ3n) is 4.84. The van der Waals surface area contributed by atoms with Gasteiger partial charge in [-0.2, -0.15) is 13.2 Å². The number of halogens is 4. The molecule has 0 atom stereocenters. The van der Waals surface area contributed by atoms with Gasteiger partial charge in [-0.05, 0) is 79.2 Å². The van der Waals surface area contributed by atoms with E-state index in [0.29, 0.717) is 22.6 Å². The molecule has 1 aromatic heterocycles. The van der Waals surface area contributed by atoms with Gasteiger partial charge in [-0.25, -0.2) is 9.37 Å². The van der Waals surface area contributed by atoms with Crippen LogP contribution in [0.25, 0.3) is 10.9 Å². The van der Waals surface area contributed by atoms with Gasteiger partial charge in [-0.1, -0.05) is 6.07 Å². The fraction of sp³-hybridized carbons (Fsp3) is 0.0833. The first-order valence-corrected chi connectivity index (χ1v) is 9.62. The third kappa shape index (κ3) is 4.69. The van der Waals surface area contributed by atoms with Crippen LogP contribution in [0.15, 0.2) is 72.8 Å². The van der Waals surface area contributed by atoms with E-state index in [1.54, 1.807) is 24.3 Å². The summed E-state index contributed by atoms with van der Waals surface area (Å²) in [6, 6.07) is 16.9. The normalized spacial score (nSPS) is 11.4. The van der Waals surface area contributed by atoms with Gasteiger partial charge in [0.05, 0.1) is 11.1 Å². The van der Waals surface area contributed by atoms with Crippen molar-refractivity contribution in [3.63, 3.8) is 0 Å². The molecule has 0 spiro atoms. The molecular weight excluding hydrogens is 422 g/mol. The van der Waals surface area contributed by atoms with E-state index >= 15 is 0 Å². The zero-order valence-corrected chi connectivity index (χ0v) is 16.8. The average Bonchev–Trinajstić information content (AvgIpc) is 2.74. The van der Waals surface area contributed by atoms with Crippen LogP contribution >= 0.6 is 0 Å². The molecule has 0 bridgehead atoms. The number of nitrogens with zero attached hydrogens (tertiary/aromatic N) is 1. The Morgan fingerprint density at radius 2 is 1.66 bits per heavy atom. The molecule has 0 aliphatic rings. The fourth-order valence-electron chi connectivity index (χ4n) is 3.26. The number of alkyl halides is 3. The zero-order valence-electron chi connectivity index (χ0n) is 16.8. The highest BCUT2D eigenvalue weighted by molar-refractivity contribution is 6.05. The Bertz CT molecular complexity index is 1300. The van der Waals surface area contributed by atoms with Gasteiger partial charge in [0.25, 0.3) is 5.91 Å². The molecule has 4 aromatic rings.